The van der Waals surface area contributed by atoms with Crippen molar-refractivity contribution >= 4 is 5.96 Å². The van der Waals surface area contributed by atoms with Crippen molar-refractivity contribution in [3.05, 3.63) is 5.21 Å². The van der Waals surface area contributed by atoms with Crippen LogP contribution in [0, 0.1) is 11.1 Å². The number of hydrogen-bond donors (Lipinski definition) is 4. The van der Waals surface area contributed by atoms with E-state index in [1.807, 2.05) is 0 Å². The SMILES string of the molecule is CN=C(NCC1CCOC1)N[NH+]([O-])O. The average Bonchev–Trinajstić information content (AvgIpc) is 2.64. The molecule has 1 rings (SSSR count). The molecular weight excluding hydrogens is 188 g/mol. The van der Waals surface area contributed by atoms with E-state index in [4.69, 9.17) is 9.94 Å². The molecule has 0 aliphatic carbocycles. The van der Waals surface area contributed by atoms with Crippen molar-refractivity contribution in [1.29, 1.82) is 0 Å². The van der Waals surface area contributed by atoms with E-state index in [2.05, 4.69) is 15.7 Å². The summed E-state index contributed by atoms with van der Waals surface area (Å²) in [5.41, 5.74) is 2.17. The maximum atomic E-state index is 10.3. The van der Waals surface area contributed by atoms with Crippen LogP contribution in [0.1, 0.15) is 6.42 Å². The van der Waals surface area contributed by atoms with Crippen LogP contribution in [-0.4, -0.2) is 38.0 Å². The Morgan fingerprint density at radius 3 is 3.07 bits per heavy atom. The zero-order valence-corrected chi connectivity index (χ0v) is 8.12. The normalized spacial score (nSPS) is 24.8. The molecule has 0 saturated carbocycles. The van der Waals surface area contributed by atoms with Gasteiger partial charge in [-0.25, -0.2) is 0 Å². The molecule has 0 aromatic carbocycles. The standard InChI is InChI=1S/C7H16N4O3/c1-8-7(10-11(12)13)9-4-6-2-3-14-5-6/h6,11-12H,2-5H2,1H3,(H2,8,9,10). The highest BCUT2D eigenvalue weighted by atomic mass is 16.8. The number of rotatable bonds is 3. The molecular formula is C7H16N4O3. The predicted molar refractivity (Wildman–Crippen MR) is 49.5 cm³/mol. The Morgan fingerprint density at radius 2 is 2.57 bits per heavy atom. The summed E-state index contributed by atoms with van der Waals surface area (Å²) in [5.74, 6) is 0.728. The van der Waals surface area contributed by atoms with Crippen molar-refractivity contribution in [2.75, 3.05) is 26.8 Å². The van der Waals surface area contributed by atoms with Gasteiger partial charge in [0.25, 0.3) is 0 Å². The average molecular weight is 204 g/mol. The third kappa shape index (κ3) is 3.88. The van der Waals surface area contributed by atoms with Crippen LogP contribution in [0.15, 0.2) is 4.99 Å². The van der Waals surface area contributed by atoms with Crippen LogP contribution in [0.4, 0.5) is 0 Å². The van der Waals surface area contributed by atoms with Crippen molar-refractivity contribution < 1.29 is 15.3 Å². The number of ether oxygens (including phenoxy) is 1. The minimum atomic E-state index is -1.11. The quantitative estimate of drug-likeness (QED) is 0.239. The zero-order valence-electron chi connectivity index (χ0n) is 8.12. The molecule has 1 fully saturated rings. The molecule has 2 atom stereocenters. The van der Waals surface area contributed by atoms with Crippen LogP contribution in [0.3, 0.4) is 0 Å². The zero-order chi connectivity index (χ0) is 10.4. The van der Waals surface area contributed by atoms with Gasteiger partial charge >= 0.3 is 0 Å². The molecule has 0 amide bonds. The van der Waals surface area contributed by atoms with Crippen molar-refractivity contribution in [2.24, 2.45) is 10.9 Å². The number of aliphatic imine (C=N–C) groups is 1. The van der Waals surface area contributed by atoms with Crippen molar-refractivity contribution in [3.8, 4) is 0 Å². The lowest BCUT2D eigenvalue weighted by atomic mass is 10.1. The molecule has 0 aromatic heterocycles. The molecule has 4 N–H and O–H groups in total. The molecule has 0 spiro atoms. The van der Waals surface area contributed by atoms with E-state index in [9.17, 15) is 5.21 Å². The van der Waals surface area contributed by atoms with Gasteiger partial charge < -0.3 is 15.3 Å². The van der Waals surface area contributed by atoms with E-state index >= 15 is 0 Å². The van der Waals surface area contributed by atoms with E-state index in [-0.39, 0.29) is 5.96 Å². The third-order valence-electron chi connectivity index (χ3n) is 2.03. The smallest absolute Gasteiger partial charge is 0.240 e. The summed E-state index contributed by atoms with van der Waals surface area (Å²) in [6.45, 7) is 2.21. The second-order valence-corrected chi connectivity index (χ2v) is 3.11. The van der Waals surface area contributed by atoms with Gasteiger partial charge in [-0.15, -0.1) is 5.34 Å². The monoisotopic (exact) mass is 204 g/mol. The predicted octanol–water partition coefficient (Wildman–Crippen LogP) is -2.13. The van der Waals surface area contributed by atoms with Crippen LogP contribution < -0.4 is 16.1 Å². The Morgan fingerprint density at radius 1 is 1.79 bits per heavy atom. The first kappa shape index (κ1) is 11.2. The Labute approximate surface area is 82.3 Å². The lowest BCUT2D eigenvalue weighted by Crippen LogP contribution is -3.13. The fraction of sp³-hybridized carbons (Fsp3) is 0.857. The molecule has 0 radical (unpaired) electrons. The first-order chi connectivity index (χ1) is 6.72. The van der Waals surface area contributed by atoms with E-state index in [0.29, 0.717) is 12.5 Å². The molecule has 7 heteroatoms. The van der Waals surface area contributed by atoms with Crippen LogP contribution in [0.2, 0.25) is 0 Å². The van der Waals surface area contributed by atoms with Gasteiger partial charge in [0, 0.05) is 26.1 Å². The highest BCUT2D eigenvalue weighted by Gasteiger charge is 2.15. The number of hydrogen-bond acceptors (Lipinski definition) is 4. The Hall–Kier alpha value is -0.890. The second-order valence-electron chi connectivity index (χ2n) is 3.11. The largest absolute Gasteiger partial charge is 0.574 e. The molecule has 1 aliphatic heterocycles. The van der Waals surface area contributed by atoms with Gasteiger partial charge in [0.2, 0.25) is 5.96 Å². The summed E-state index contributed by atoms with van der Waals surface area (Å²) in [7, 11) is 1.53. The van der Waals surface area contributed by atoms with Crippen molar-refractivity contribution in [2.45, 2.75) is 6.42 Å². The summed E-state index contributed by atoms with van der Waals surface area (Å²) >= 11 is 0. The van der Waals surface area contributed by atoms with Crippen LogP contribution in [-0.2, 0) is 4.74 Å². The van der Waals surface area contributed by atoms with E-state index in [1.54, 1.807) is 0 Å². The molecule has 1 saturated heterocycles. The first-order valence-corrected chi connectivity index (χ1v) is 4.50. The number of nitrogens with one attached hydrogen (secondary N) is 3. The van der Waals surface area contributed by atoms with Gasteiger partial charge in [-0.1, -0.05) is 0 Å². The van der Waals surface area contributed by atoms with Gasteiger partial charge in [0.05, 0.1) is 6.61 Å². The fourth-order valence-electron chi connectivity index (χ4n) is 1.27. The maximum Gasteiger partial charge on any atom is 0.240 e. The third-order valence-corrected chi connectivity index (χ3v) is 2.03. The first-order valence-electron chi connectivity index (χ1n) is 4.50. The fourth-order valence-corrected chi connectivity index (χ4v) is 1.27. The molecule has 0 bridgehead atoms. The highest BCUT2D eigenvalue weighted by molar-refractivity contribution is 5.78. The highest BCUT2D eigenvalue weighted by Crippen LogP contribution is 2.10. The summed E-state index contributed by atoms with van der Waals surface area (Å²) in [4.78, 5) is 3.76. The number of nitrogens with zero attached hydrogens (tertiary/aromatic N) is 1. The lowest BCUT2D eigenvalue weighted by Gasteiger charge is -2.17. The van der Waals surface area contributed by atoms with E-state index in [1.165, 1.54) is 7.05 Å². The van der Waals surface area contributed by atoms with Gasteiger partial charge in [-0.2, -0.15) is 10.6 Å². The number of guanidine groups is 1. The molecule has 7 nitrogen and oxygen atoms in total. The number of quaternary nitrogens is 1. The van der Waals surface area contributed by atoms with Crippen molar-refractivity contribution in [3.63, 3.8) is 0 Å². The molecule has 2 unspecified atom stereocenters. The summed E-state index contributed by atoms with van der Waals surface area (Å²) in [6, 6.07) is 0. The summed E-state index contributed by atoms with van der Waals surface area (Å²) < 4.78 is 5.19. The molecule has 14 heavy (non-hydrogen) atoms. The van der Waals surface area contributed by atoms with Gasteiger partial charge in [-0.3, -0.25) is 4.99 Å². The van der Waals surface area contributed by atoms with E-state index in [0.717, 1.165) is 19.6 Å². The summed E-state index contributed by atoms with van der Waals surface area (Å²) in [6.07, 6.45) is 1.01. The Kier molecular flexibility index (Phi) is 4.60. The second kappa shape index (κ2) is 5.76. The van der Waals surface area contributed by atoms with Gasteiger partial charge in [0.1, 0.15) is 0 Å². The molecule has 1 aliphatic rings. The molecule has 0 aromatic rings. The maximum absolute atomic E-state index is 10.3. The summed E-state index contributed by atoms with van der Waals surface area (Å²) in [5, 5.41) is 20.6. The van der Waals surface area contributed by atoms with Crippen LogP contribution in [0.5, 0.6) is 0 Å². The van der Waals surface area contributed by atoms with Crippen LogP contribution >= 0.6 is 0 Å². The van der Waals surface area contributed by atoms with Gasteiger partial charge in [-0.05, 0) is 6.42 Å². The lowest BCUT2D eigenvalue weighted by molar-refractivity contribution is -1.08. The van der Waals surface area contributed by atoms with Gasteiger partial charge in [0.15, 0.2) is 0 Å². The molecule has 1 heterocycles. The minimum Gasteiger partial charge on any atom is -0.574 e. The molecule has 82 valence electrons. The Balaban J connectivity index is 2.20. The Bertz CT molecular complexity index is 191. The van der Waals surface area contributed by atoms with Crippen molar-refractivity contribution in [1.82, 2.24) is 10.7 Å². The topological polar surface area (TPSA) is 93.4 Å². The minimum absolute atomic E-state index is 0.282. The van der Waals surface area contributed by atoms with E-state index < -0.39 is 5.34 Å². The van der Waals surface area contributed by atoms with Crippen LogP contribution in [0.25, 0.3) is 0 Å².